The molecule has 8 nitrogen and oxygen atoms in total. The summed E-state index contributed by atoms with van der Waals surface area (Å²) in [4.78, 5) is 11.6. The molecule has 21 heavy (non-hydrogen) atoms. The molecule has 1 aliphatic carbocycles. The van der Waals surface area contributed by atoms with Crippen LogP contribution < -0.4 is 5.32 Å². The van der Waals surface area contributed by atoms with Crippen LogP contribution in [-0.2, 0) is 20.8 Å². The second-order valence-corrected chi connectivity index (χ2v) is 5.61. The molecule has 2 aliphatic rings. The van der Waals surface area contributed by atoms with Crippen molar-refractivity contribution in [3.8, 4) is 0 Å². The fourth-order valence-electron chi connectivity index (χ4n) is 2.54. The first-order valence-electron chi connectivity index (χ1n) is 7.15. The Morgan fingerprint density at radius 2 is 2.43 bits per heavy atom. The molecule has 0 unspecified atom stereocenters. The van der Waals surface area contributed by atoms with Gasteiger partial charge >= 0.3 is 0 Å². The van der Waals surface area contributed by atoms with Crippen LogP contribution in [0.1, 0.15) is 24.5 Å². The standard InChI is InChI=1S/C13H20N4O4/c1-20-7-12(19)14-13-10(18)6-21-11(13)5-17-4-9(15-16-17)8-2-3-8/h4,8,10-11,13,18H,2-3,5-7H2,1H3,(H,14,19)/t10-,11+,13+/m0/s1. The van der Waals surface area contributed by atoms with Gasteiger partial charge in [-0.05, 0) is 12.8 Å². The first-order chi connectivity index (χ1) is 10.2. The second kappa shape index (κ2) is 6.08. The molecule has 8 heteroatoms. The zero-order chi connectivity index (χ0) is 14.8. The van der Waals surface area contributed by atoms with Gasteiger partial charge in [0.2, 0.25) is 5.91 Å². The molecule has 1 amide bonds. The van der Waals surface area contributed by atoms with E-state index in [4.69, 9.17) is 9.47 Å². The van der Waals surface area contributed by atoms with Gasteiger partial charge in [-0.3, -0.25) is 4.79 Å². The van der Waals surface area contributed by atoms with Crippen molar-refractivity contribution in [3.63, 3.8) is 0 Å². The van der Waals surface area contributed by atoms with Crippen LogP contribution in [0.5, 0.6) is 0 Å². The number of aliphatic hydroxyl groups is 1. The van der Waals surface area contributed by atoms with Gasteiger partial charge in [0.15, 0.2) is 0 Å². The van der Waals surface area contributed by atoms with Crippen LogP contribution in [0.25, 0.3) is 0 Å². The monoisotopic (exact) mass is 296 g/mol. The first-order valence-corrected chi connectivity index (χ1v) is 7.15. The summed E-state index contributed by atoms with van der Waals surface area (Å²) in [6, 6.07) is -0.457. The van der Waals surface area contributed by atoms with Crippen LogP contribution in [0.3, 0.4) is 0 Å². The molecule has 2 N–H and O–H groups in total. The number of aliphatic hydroxyl groups excluding tert-OH is 1. The van der Waals surface area contributed by atoms with E-state index in [1.165, 1.54) is 20.0 Å². The molecule has 0 bridgehead atoms. The Morgan fingerprint density at radius 1 is 1.62 bits per heavy atom. The summed E-state index contributed by atoms with van der Waals surface area (Å²) >= 11 is 0. The summed E-state index contributed by atoms with van der Waals surface area (Å²) in [5.74, 6) is 0.278. The molecule has 1 aromatic heterocycles. The third-order valence-corrected chi connectivity index (χ3v) is 3.82. The quantitative estimate of drug-likeness (QED) is 0.702. The number of nitrogens with zero attached hydrogens (tertiary/aromatic N) is 3. The largest absolute Gasteiger partial charge is 0.388 e. The van der Waals surface area contributed by atoms with Gasteiger partial charge in [0.05, 0.1) is 31.0 Å². The normalized spacial score (nSPS) is 28.8. The van der Waals surface area contributed by atoms with Crippen molar-refractivity contribution < 1.29 is 19.4 Å². The van der Waals surface area contributed by atoms with Crippen molar-refractivity contribution >= 4 is 5.91 Å². The molecular weight excluding hydrogens is 276 g/mol. The van der Waals surface area contributed by atoms with Gasteiger partial charge in [0.25, 0.3) is 0 Å². The SMILES string of the molecule is COCC(=O)N[C@@H]1[C@@H](O)CO[C@@H]1Cn1cc(C2CC2)nn1. The molecule has 1 aliphatic heterocycles. The summed E-state index contributed by atoms with van der Waals surface area (Å²) in [6.07, 6.45) is 3.22. The molecule has 1 saturated carbocycles. The number of nitrogens with one attached hydrogen (secondary N) is 1. The summed E-state index contributed by atoms with van der Waals surface area (Å²) in [7, 11) is 1.45. The molecular formula is C13H20N4O4. The van der Waals surface area contributed by atoms with Gasteiger partial charge < -0.3 is 19.9 Å². The number of rotatable bonds is 6. The lowest BCUT2D eigenvalue weighted by Gasteiger charge is -2.21. The van der Waals surface area contributed by atoms with E-state index < -0.39 is 12.1 Å². The number of methoxy groups -OCH3 is 1. The molecule has 0 spiro atoms. The highest BCUT2D eigenvalue weighted by atomic mass is 16.5. The third kappa shape index (κ3) is 3.39. The number of amides is 1. The van der Waals surface area contributed by atoms with E-state index in [1.807, 2.05) is 6.20 Å². The van der Waals surface area contributed by atoms with Crippen molar-refractivity contribution in [2.45, 2.75) is 43.6 Å². The lowest BCUT2D eigenvalue weighted by Crippen LogP contribution is -2.49. The number of hydrogen-bond donors (Lipinski definition) is 2. The minimum Gasteiger partial charge on any atom is -0.388 e. The van der Waals surface area contributed by atoms with Gasteiger partial charge in [-0.2, -0.15) is 0 Å². The first kappa shape index (κ1) is 14.4. The molecule has 0 radical (unpaired) electrons. The predicted molar refractivity (Wildman–Crippen MR) is 71.6 cm³/mol. The maximum Gasteiger partial charge on any atom is 0.246 e. The van der Waals surface area contributed by atoms with Gasteiger partial charge in [-0.25, -0.2) is 4.68 Å². The van der Waals surface area contributed by atoms with Crippen LogP contribution in [0.4, 0.5) is 0 Å². The zero-order valence-corrected chi connectivity index (χ0v) is 11.9. The summed E-state index contributed by atoms with van der Waals surface area (Å²) < 4.78 is 12.0. The van der Waals surface area contributed by atoms with E-state index in [9.17, 15) is 9.90 Å². The highest BCUT2D eigenvalue weighted by Crippen LogP contribution is 2.38. The fraction of sp³-hybridized carbons (Fsp3) is 0.769. The minimum absolute atomic E-state index is 0.0366. The minimum atomic E-state index is -0.720. The van der Waals surface area contributed by atoms with E-state index >= 15 is 0 Å². The van der Waals surface area contributed by atoms with Crippen molar-refractivity contribution in [3.05, 3.63) is 11.9 Å². The van der Waals surface area contributed by atoms with Crippen LogP contribution in [0.2, 0.25) is 0 Å². The number of ether oxygens (including phenoxy) is 2. The van der Waals surface area contributed by atoms with Crippen LogP contribution in [-0.4, -0.2) is 64.6 Å². The van der Waals surface area contributed by atoms with Crippen LogP contribution in [0, 0.1) is 0 Å². The molecule has 2 heterocycles. The molecule has 0 aromatic carbocycles. The Bertz CT molecular complexity index is 502. The lowest BCUT2D eigenvalue weighted by atomic mass is 10.1. The average Bonchev–Trinajstić information content (AvgIpc) is 3.12. The maximum absolute atomic E-state index is 11.6. The smallest absolute Gasteiger partial charge is 0.246 e. The molecule has 3 rings (SSSR count). The van der Waals surface area contributed by atoms with Crippen molar-refractivity contribution in [2.24, 2.45) is 0 Å². The molecule has 1 aromatic rings. The Morgan fingerprint density at radius 3 is 3.14 bits per heavy atom. The fourth-order valence-corrected chi connectivity index (χ4v) is 2.54. The Kier molecular flexibility index (Phi) is 4.18. The molecule has 116 valence electrons. The van der Waals surface area contributed by atoms with E-state index in [2.05, 4.69) is 15.6 Å². The number of carbonyl (C=O) groups excluding carboxylic acids is 1. The number of aromatic nitrogens is 3. The van der Waals surface area contributed by atoms with E-state index in [-0.39, 0.29) is 25.2 Å². The Hall–Kier alpha value is -1.51. The summed E-state index contributed by atoms with van der Waals surface area (Å²) in [5, 5.41) is 20.9. The van der Waals surface area contributed by atoms with Gasteiger partial charge in [0.1, 0.15) is 12.7 Å². The van der Waals surface area contributed by atoms with Crippen molar-refractivity contribution in [1.82, 2.24) is 20.3 Å². The van der Waals surface area contributed by atoms with Crippen LogP contribution >= 0.6 is 0 Å². The summed E-state index contributed by atoms with van der Waals surface area (Å²) in [6.45, 7) is 0.618. The molecule has 1 saturated heterocycles. The highest BCUT2D eigenvalue weighted by molar-refractivity contribution is 5.77. The molecule has 2 fully saturated rings. The van der Waals surface area contributed by atoms with E-state index in [0.29, 0.717) is 12.5 Å². The van der Waals surface area contributed by atoms with Gasteiger partial charge in [0, 0.05) is 19.2 Å². The van der Waals surface area contributed by atoms with E-state index in [1.54, 1.807) is 4.68 Å². The average molecular weight is 296 g/mol. The lowest BCUT2D eigenvalue weighted by molar-refractivity contribution is -0.126. The van der Waals surface area contributed by atoms with Gasteiger partial charge in [-0.15, -0.1) is 5.10 Å². The van der Waals surface area contributed by atoms with E-state index in [0.717, 1.165) is 5.69 Å². The zero-order valence-electron chi connectivity index (χ0n) is 11.9. The maximum atomic E-state index is 11.6. The molecule has 3 atom stereocenters. The van der Waals surface area contributed by atoms with Crippen molar-refractivity contribution in [1.29, 1.82) is 0 Å². The number of hydrogen-bond acceptors (Lipinski definition) is 6. The van der Waals surface area contributed by atoms with Crippen molar-refractivity contribution in [2.75, 3.05) is 20.3 Å². The van der Waals surface area contributed by atoms with Gasteiger partial charge in [-0.1, -0.05) is 5.21 Å². The topological polar surface area (TPSA) is 98.5 Å². The Balaban J connectivity index is 1.60. The Labute approximate surface area is 122 Å². The summed E-state index contributed by atoms with van der Waals surface area (Å²) in [5.41, 5.74) is 1.01. The number of carbonyl (C=O) groups is 1. The van der Waals surface area contributed by atoms with Crippen LogP contribution in [0.15, 0.2) is 6.20 Å². The highest BCUT2D eigenvalue weighted by Gasteiger charge is 2.38. The predicted octanol–water partition coefficient (Wildman–Crippen LogP) is -0.954. The third-order valence-electron chi connectivity index (χ3n) is 3.82. The second-order valence-electron chi connectivity index (χ2n) is 5.61.